The number of para-hydroxylation sites is 1. The largest absolute Gasteiger partial charge is 0.497 e. The van der Waals surface area contributed by atoms with Crippen molar-refractivity contribution in [2.45, 2.75) is 26.2 Å². The molecule has 3 aromatic rings. The lowest BCUT2D eigenvalue weighted by Crippen LogP contribution is -2.19. The van der Waals surface area contributed by atoms with E-state index in [4.69, 9.17) is 21.7 Å². The maximum Gasteiger partial charge on any atom is 0.243 e. The lowest BCUT2D eigenvalue weighted by atomic mass is 9.86. The van der Waals surface area contributed by atoms with Crippen molar-refractivity contribution in [3.05, 3.63) is 72.4 Å². The maximum absolute atomic E-state index is 6.17. The fourth-order valence-electron chi connectivity index (χ4n) is 2.81. The molecule has 150 valence electrons. The minimum atomic E-state index is -0.0514. The fourth-order valence-corrected chi connectivity index (χ4v) is 3.03. The van der Waals surface area contributed by atoms with Crippen LogP contribution in [0.1, 0.15) is 26.3 Å². The molecule has 0 bridgehead atoms. The van der Waals surface area contributed by atoms with Crippen molar-refractivity contribution in [3.63, 3.8) is 0 Å². The van der Waals surface area contributed by atoms with E-state index < -0.39 is 0 Å². The molecule has 0 aliphatic carbocycles. The van der Waals surface area contributed by atoms with Gasteiger partial charge in [0.25, 0.3) is 0 Å². The van der Waals surface area contributed by atoms with E-state index in [1.807, 2.05) is 54.6 Å². The van der Waals surface area contributed by atoms with Gasteiger partial charge in [0.15, 0.2) is 5.11 Å². The molecule has 1 heterocycles. The molecule has 0 aliphatic heterocycles. The van der Waals surface area contributed by atoms with Gasteiger partial charge in [0, 0.05) is 17.4 Å². The molecule has 3 rings (SSSR count). The monoisotopic (exact) mass is 407 g/mol. The Hall–Kier alpha value is -3.12. The van der Waals surface area contributed by atoms with Gasteiger partial charge in [-0.1, -0.05) is 39.0 Å². The first kappa shape index (κ1) is 20.6. The van der Waals surface area contributed by atoms with Crippen molar-refractivity contribution in [1.29, 1.82) is 0 Å². The second kappa shape index (κ2) is 8.92. The summed E-state index contributed by atoms with van der Waals surface area (Å²) in [6.07, 6.45) is 1.69. The summed E-state index contributed by atoms with van der Waals surface area (Å²) in [6, 6.07) is 19.2. The van der Waals surface area contributed by atoms with Gasteiger partial charge in [-0.3, -0.25) is 0 Å². The van der Waals surface area contributed by atoms with Gasteiger partial charge < -0.3 is 20.1 Å². The molecule has 2 aromatic carbocycles. The lowest BCUT2D eigenvalue weighted by Gasteiger charge is -2.23. The van der Waals surface area contributed by atoms with Gasteiger partial charge in [-0.2, -0.15) is 0 Å². The summed E-state index contributed by atoms with van der Waals surface area (Å²) in [5.41, 5.74) is 2.59. The van der Waals surface area contributed by atoms with Crippen molar-refractivity contribution in [2.24, 2.45) is 0 Å². The van der Waals surface area contributed by atoms with Gasteiger partial charge in [0.05, 0.1) is 7.11 Å². The Kier molecular flexibility index (Phi) is 6.34. The zero-order chi connectivity index (χ0) is 20.9. The summed E-state index contributed by atoms with van der Waals surface area (Å²) >= 11 is 5.45. The van der Waals surface area contributed by atoms with Crippen LogP contribution in [0.4, 0.5) is 11.4 Å². The molecule has 5 nitrogen and oxygen atoms in total. The van der Waals surface area contributed by atoms with Gasteiger partial charge in [0.1, 0.15) is 17.2 Å². The van der Waals surface area contributed by atoms with Gasteiger partial charge >= 0.3 is 0 Å². The maximum atomic E-state index is 6.17. The smallest absolute Gasteiger partial charge is 0.243 e. The summed E-state index contributed by atoms with van der Waals surface area (Å²) in [4.78, 5) is 4.39. The van der Waals surface area contributed by atoms with Crippen molar-refractivity contribution < 1.29 is 9.47 Å². The van der Waals surface area contributed by atoms with Gasteiger partial charge in [-0.15, -0.1) is 0 Å². The van der Waals surface area contributed by atoms with Crippen LogP contribution in [0, 0.1) is 0 Å². The fraction of sp³-hybridized carbons (Fsp3) is 0.217. The lowest BCUT2D eigenvalue weighted by molar-refractivity contribution is 0.415. The minimum absolute atomic E-state index is 0.0514. The third-order valence-electron chi connectivity index (χ3n) is 4.27. The molecule has 0 fully saturated rings. The molecular weight excluding hydrogens is 382 g/mol. The number of nitrogens with one attached hydrogen (secondary N) is 2. The van der Waals surface area contributed by atoms with Crippen LogP contribution >= 0.6 is 12.2 Å². The molecule has 1 aromatic heterocycles. The number of methoxy groups -OCH3 is 1. The van der Waals surface area contributed by atoms with E-state index in [0.29, 0.717) is 16.7 Å². The van der Waals surface area contributed by atoms with E-state index in [9.17, 15) is 0 Å². The highest BCUT2D eigenvalue weighted by atomic mass is 32.1. The zero-order valence-corrected chi connectivity index (χ0v) is 17.8. The van der Waals surface area contributed by atoms with Crippen molar-refractivity contribution in [3.8, 4) is 17.4 Å². The van der Waals surface area contributed by atoms with E-state index in [1.54, 1.807) is 13.3 Å². The Bertz CT molecular complexity index is 982. The summed E-state index contributed by atoms with van der Waals surface area (Å²) < 4.78 is 11.3. The summed E-state index contributed by atoms with van der Waals surface area (Å²) in [5, 5.41) is 6.76. The quantitative estimate of drug-likeness (QED) is 0.507. The van der Waals surface area contributed by atoms with Crippen LogP contribution in [-0.2, 0) is 5.41 Å². The number of nitrogens with zero attached hydrogens (tertiary/aromatic N) is 1. The molecule has 0 saturated heterocycles. The van der Waals surface area contributed by atoms with E-state index >= 15 is 0 Å². The first-order valence-electron chi connectivity index (χ1n) is 9.31. The third kappa shape index (κ3) is 5.45. The van der Waals surface area contributed by atoms with Crippen LogP contribution in [0.25, 0.3) is 0 Å². The molecule has 0 saturated carbocycles. The third-order valence-corrected chi connectivity index (χ3v) is 4.47. The predicted octanol–water partition coefficient (Wildman–Crippen LogP) is 5.99. The Labute approximate surface area is 177 Å². The molecule has 0 spiro atoms. The van der Waals surface area contributed by atoms with Crippen molar-refractivity contribution >= 4 is 28.7 Å². The van der Waals surface area contributed by atoms with Gasteiger partial charge in [-0.25, -0.2) is 4.98 Å². The molecule has 0 radical (unpaired) electrons. The molecule has 0 aliphatic rings. The molecule has 0 atom stereocenters. The van der Waals surface area contributed by atoms with Crippen LogP contribution < -0.4 is 20.1 Å². The molecular formula is C23H25N3O2S. The van der Waals surface area contributed by atoms with Crippen molar-refractivity contribution in [2.75, 3.05) is 17.7 Å². The summed E-state index contributed by atoms with van der Waals surface area (Å²) in [6.45, 7) is 6.46. The second-order valence-electron chi connectivity index (χ2n) is 7.51. The van der Waals surface area contributed by atoms with Crippen molar-refractivity contribution in [1.82, 2.24) is 4.98 Å². The standard InChI is InChI=1S/C23H25N3O2S/c1-23(2,3)18-8-5-6-10-20(18)28-21-19(9-7-15-24-21)26-22(29)25-16-11-13-17(27-4)14-12-16/h5-15H,1-4H3,(H2,25,26,29). The topological polar surface area (TPSA) is 55.4 Å². The number of thiocarbonyl (C=S) groups is 1. The first-order chi connectivity index (χ1) is 13.9. The number of hydrogen-bond donors (Lipinski definition) is 2. The Morgan fingerprint density at radius 1 is 0.931 bits per heavy atom. The van der Waals surface area contributed by atoms with Crippen LogP contribution in [0.5, 0.6) is 17.4 Å². The SMILES string of the molecule is COc1ccc(NC(=S)Nc2cccnc2Oc2ccccc2C(C)(C)C)cc1. The average Bonchev–Trinajstić information content (AvgIpc) is 2.69. The van der Waals surface area contributed by atoms with E-state index in [0.717, 1.165) is 22.7 Å². The molecule has 0 unspecified atom stereocenters. The first-order valence-corrected chi connectivity index (χ1v) is 9.72. The number of pyridine rings is 1. The average molecular weight is 408 g/mol. The van der Waals surface area contributed by atoms with Gasteiger partial charge in [-0.05, 0) is 60.1 Å². The van der Waals surface area contributed by atoms with Gasteiger partial charge in [0.2, 0.25) is 5.88 Å². The molecule has 2 N–H and O–H groups in total. The normalized spacial score (nSPS) is 10.9. The summed E-state index contributed by atoms with van der Waals surface area (Å²) in [5.74, 6) is 2.02. The number of ether oxygens (including phenoxy) is 2. The van der Waals surface area contributed by atoms with E-state index in [2.05, 4.69) is 42.5 Å². The second-order valence-corrected chi connectivity index (χ2v) is 7.92. The molecule has 6 heteroatoms. The number of hydrogen-bond acceptors (Lipinski definition) is 4. The Morgan fingerprint density at radius 2 is 1.66 bits per heavy atom. The zero-order valence-electron chi connectivity index (χ0n) is 17.0. The van der Waals surface area contributed by atoms with Crippen LogP contribution in [0.2, 0.25) is 0 Å². The number of aromatic nitrogens is 1. The molecule has 0 amide bonds. The predicted molar refractivity (Wildman–Crippen MR) is 122 cm³/mol. The van der Waals surface area contributed by atoms with E-state index in [-0.39, 0.29) is 5.41 Å². The Balaban J connectivity index is 1.76. The summed E-state index contributed by atoms with van der Waals surface area (Å²) in [7, 11) is 1.64. The van der Waals surface area contributed by atoms with Crippen LogP contribution in [0.15, 0.2) is 66.9 Å². The van der Waals surface area contributed by atoms with E-state index in [1.165, 1.54) is 0 Å². The molecule has 29 heavy (non-hydrogen) atoms. The van der Waals surface area contributed by atoms with Crippen LogP contribution in [0.3, 0.4) is 0 Å². The number of benzene rings is 2. The number of anilines is 2. The minimum Gasteiger partial charge on any atom is -0.497 e. The highest BCUT2D eigenvalue weighted by Gasteiger charge is 2.20. The number of rotatable bonds is 5. The highest BCUT2D eigenvalue weighted by Crippen LogP contribution is 2.35. The van der Waals surface area contributed by atoms with Crippen LogP contribution in [-0.4, -0.2) is 17.2 Å². The highest BCUT2D eigenvalue weighted by molar-refractivity contribution is 7.80. The Morgan fingerprint density at radius 3 is 2.34 bits per heavy atom.